The molecule has 0 spiro atoms. The molecule has 2 aromatic rings. The van der Waals surface area contributed by atoms with Crippen molar-refractivity contribution in [1.82, 2.24) is 5.32 Å². The van der Waals surface area contributed by atoms with Crippen molar-refractivity contribution in [2.75, 3.05) is 5.75 Å². The molecule has 0 unspecified atom stereocenters. The van der Waals surface area contributed by atoms with E-state index in [0.717, 1.165) is 20.7 Å². The van der Waals surface area contributed by atoms with E-state index in [9.17, 15) is 18.4 Å². The lowest BCUT2D eigenvalue weighted by Crippen LogP contribution is -2.43. The maximum absolute atomic E-state index is 12.1. The van der Waals surface area contributed by atoms with Gasteiger partial charge in [-0.3, -0.25) is 4.79 Å². The maximum Gasteiger partial charge on any atom is 0.317 e. The molecule has 1 aliphatic heterocycles. The standard InChI is InChI=1S/C15H14N2O4S2/c1-10-2-5-14(22-10)11-3-4-13(17(19)8-11)15(18)16-12-6-7-23(20,21)9-12/h2-8,12H,9H2,1H3,(H,16,18)/t12-/m1/s1. The molecule has 3 rings (SSSR count). The van der Waals surface area contributed by atoms with Gasteiger partial charge in [0.15, 0.2) is 16.0 Å². The van der Waals surface area contributed by atoms with Crippen LogP contribution < -0.4 is 10.0 Å². The summed E-state index contributed by atoms with van der Waals surface area (Å²) >= 11 is 1.56. The monoisotopic (exact) mass is 350 g/mol. The van der Waals surface area contributed by atoms with Gasteiger partial charge in [0.2, 0.25) is 0 Å². The Morgan fingerprint density at radius 1 is 1.35 bits per heavy atom. The lowest BCUT2D eigenvalue weighted by Gasteiger charge is -2.10. The summed E-state index contributed by atoms with van der Waals surface area (Å²) in [6, 6.07) is 6.42. The summed E-state index contributed by atoms with van der Waals surface area (Å²) in [7, 11) is -3.25. The van der Waals surface area contributed by atoms with E-state index in [1.165, 1.54) is 18.3 Å². The average Bonchev–Trinajstić information content (AvgIpc) is 3.04. The largest absolute Gasteiger partial charge is 0.618 e. The van der Waals surface area contributed by atoms with Crippen LogP contribution in [0.25, 0.3) is 10.4 Å². The molecule has 0 aromatic carbocycles. The van der Waals surface area contributed by atoms with Gasteiger partial charge in [0.25, 0.3) is 5.69 Å². The fraction of sp³-hybridized carbons (Fsp3) is 0.200. The van der Waals surface area contributed by atoms with Gasteiger partial charge in [-0.2, -0.15) is 4.73 Å². The number of amides is 1. The van der Waals surface area contributed by atoms with E-state index in [4.69, 9.17) is 0 Å². The second-order valence-corrected chi connectivity index (χ2v) is 8.50. The Kier molecular flexibility index (Phi) is 3.95. The number of aromatic nitrogens is 1. The fourth-order valence-corrected chi connectivity index (χ4v) is 4.39. The normalized spacial score (nSPS) is 18.9. The molecule has 0 bridgehead atoms. The molecule has 23 heavy (non-hydrogen) atoms. The third kappa shape index (κ3) is 3.43. The third-order valence-electron chi connectivity index (χ3n) is 3.42. The maximum atomic E-state index is 12.1. The molecular formula is C15H14N2O4S2. The number of thiophene rings is 1. The lowest BCUT2D eigenvalue weighted by molar-refractivity contribution is -0.607. The summed E-state index contributed by atoms with van der Waals surface area (Å²) in [5.41, 5.74) is 0.665. The highest BCUT2D eigenvalue weighted by Crippen LogP contribution is 2.26. The highest BCUT2D eigenvalue weighted by Gasteiger charge is 2.26. The van der Waals surface area contributed by atoms with Crippen LogP contribution in [0.5, 0.6) is 0 Å². The number of nitrogens with zero attached hydrogens (tertiary/aromatic N) is 1. The number of carbonyl (C=O) groups excluding carboxylic acids is 1. The molecule has 0 saturated heterocycles. The summed E-state index contributed by atoms with van der Waals surface area (Å²) in [6.45, 7) is 1.98. The van der Waals surface area contributed by atoms with Crippen LogP contribution in [0.2, 0.25) is 0 Å². The smallest absolute Gasteiger partial charge is 0.317 e. The minimum Gasteiger partial charge on any atom is -0.618 e. The molecule has 120 valence electrons. The molecule has 2 aromatic heterocycles. The van der Waals surface area contributed by atoms with Crippen molar-refractivity contribution in [1.29, 1.82) is 0 Å². The van der Waals surface area contributed by atoms with Crippen molar-refractivity contribution in [3.05, 3.63) is 57.7 Å². The number of hydrogen-bond donors (Lipinski definition) is 1. The van der Waals surface area contributed by atoms with Gasteiger partial charge in [-0.15, -0.1) is 11.3 Å². The summed E-state index contributed by atoms with van der Waals surface area (Å²) in [5, 5.41) is 15.7. The van der Waals surface area contributed by atoms with E-state index in [0.29, 0.717) is 4.73 Å². The number of carbonyl (C=O) groups is 1. The number of hydrogen-bond acceptors (Lipinski definition) is 5. The van der Waals surface area contributed by atoms with E-state index in [2.05, 4.69) is 5.32 Å². The van der Waals surface area contributed by atoms with E-state index in [-0.39, 0.29) is 11.4 Å². The van der Waals surface area contributed by atoms with Crippen molar-refractivity contribution in [2.45, 2.75) is 13.0 Å². The first kappa shape index (κ1) is 15.7. The van der Waals surface area contributed by atoms with Crippen molar-refractivity contribution in [3.63, 3.8) is 0 Å². The van der Waals surface area contributed by atoms with Crippen LogP contribution in [0.4, 0.5) is 0 Å². The van der Waals surface area contributed by atoms with Crippen LogP contribution in [0, 0.1) is 12.1 Å². The van der Waals surface area contributed by atoms with Crippen molar-refractivity contribution in [2.24, 2.45) is 0 Å². The van der Waals surface area contributed by atoms with Crippen molar-refractivity contribution in [3.8, 4) is 10.4 Å². The second-order valence-electron chi connectivity index (χ2n) is 5.28. The first-order chi connectivity index (χ1) is 10.8. The SMILES string of the molecule is Cc1ccc(-c2ccc(C(=O)N[C@@H]3C=CS(=O)(=O)C3)[n+]([O-])c2)s1. The topological polar surface area (TPSA) is 90.2 Å². The summed E-state index contributed by atoms with van der Waals surface area (Å²) < 4.78 is 23.2. The van der Waals surface area contributed by atoms with Gasteiger partial charge < -0.3 is 10.5 Å². The zero-order valence-corrected chi connectivity index (χ0v) is 13.9. The Morgan fingerprint density at radius 2 is 2.13 bits per heavy atom. The van der Waals surface area contributed by atoms with Crippen LogP contribution in [-0.4, -0.2) is 26.1 Å². The predicted octanol–water partition coefficient (Wildman–Crippen LogP) is 1.40. The fourth-order valence-electron chi connectivity index (χ4n) is 2.30. The minimum absolute atomic E-state index is 0.0697. The zero-order valence-electron chi connectivity index (χ0n) is 12.2. The van der Waals surface area contributed by atoms with Gasteiger partial charge in [-0.25, -0.2) is 8.42 Å². The Bertz CT molecular complexity index is 900. The number of pyridine rings is 1. The molecular weight excluding hydrogens is 336 g/mol. The van der Waals surface area contributed by atoms with Gasteiger partial charge in [-0.05, 0) is 31.2 Å². The Hall–Kier alpha value is -2.19. The first-order valence-corrected chi connectivity index (χ1v) is 9.39. The number of rotatable bonds is 3. The summed E-state index contributed by atoms with van der Waals surface area (Å²) in [6.07, 6.45) is 2.76. The van der Waals surface area contributed by atoms with Crippen LogP contribution in [0.15, 0.2) is 41.9 Å². The lowest BCUT2D eigenvalue weighted by atomic mass is 10.2. The van der Waals surface area contributed by atoms with Gasteiger partial charge in [0.1, 0.15) is 0 Å². The molecule has 1 aliphatic rings. The molecule has 8 heteroatoms. The minimum atomic E-state index is -3.25. The van der Waals surface area contributed by atoms with Gasteiger partial charge >= 0.3 is 5.91 Å². The van der Waals surface area contributed by atoms with Gasteiger partial charge in [-0.1, -0.05) is 0 Å². The average molecular weight is 350 g/mol. The number of sulfone groups is 1. The van der Waals surface area contributed by atoms with E-state index >= 15 is 0 Å². The first-order valence-electron chi connectivity index (χ1n) is 6.86. The zero-order chi connectivity index (χ0) is 16.6. The van der Waals surface area contributed by atoms with Crippen LogP contribution >= 0.6 is 11.3 Å². The second kappa shape index (κ2) is 5.78. The third-order valence-corrected chi connectivity index (χ3v) is 5.86. The molecule has 0 saturated carbocycles. The van der Waals surface area contributed by atoms with Crippen LogP contribution in [0.3, 0.4) is 0 Å². The van der Waals surface area contributed by atoms with Crippen molar-refractivity contribution < 1.29 is 17.9 Å². The number of aryl methyl sites for hydroxylation is 1. The Balaban J connectivity index is 1.78. The Morgan fingerprint density at radius 3 is 2.70 bits per heavy atom. The van der Waals surface area contributed by atoms with E-state index < -0.39 is 21.8 Å². The van der Waals surface area contributed by atoms with Crippen molar-refractivity contribution >= 4 is 27.1 Å². The molecule has 3 heterocycles. The molecule has 0 radical (unpaired) electrons. The van der Waals surface area contributed by atoms with Gasteiger partial charge in [0, 0.05) is 21.2 Å². The molecule has 1 atom stereocenters. The molecule has 1 amide bonds. The number of nitrogens with one attached hydrogen (secondary N) is 1. The molecule has 1 N–H and O–H groups in total. The van der Waals surface area contributed by atoms with Crippen LogP contribution in [0.1, 0.15) is 15.4 Å². The van der Waals surface area contributed by atoms with Crippen LogP contribution in [-0.2, 0) is 9.84 Å². The Labute approximate surface area is 137 Å². The van der Waals surface area contributed by atoms with E-state index in [1.807, 2.05) is 19.1 Å². The molecule has 0 fully saturated rings. The molecule has 6 nitrogen and oxygen atoms in total. The molecule has 0 aliphatic carbocycles. The summed E-state index contributed by atoms with van der Waals surface area (Å²) in [4.78, 5) is 14.2. The summed E-state index contributed by atoms with van der Waals surface area (Å²) in [5.74, 6) is -0.773. The highest BCUT2D eigenvalue weighted by atomic mass is 32.2. The predicted molar refractivity (Wildman–Crippen MR) is 87.6 cm³/mol. The quantitative estimate of drug-likeness (QED) is 0.669. The van der Waals surface area contributed by atoms with E-state index in [1.54, 1.807) is 17.4 Å². The van der Waals surface area contributed by atoms with Gasteiger partial charge in [0.05, 0.1) is 17.4 Å². The highest BCUT2D eigenvalue weighted by molar-refractivity contribution is 7.94.